The van der Waals surface area contributed by atoms with Crippen molar-refractivity contribution in [3.05, 3.63) is 66.5 Å². The molecular weight excluding hydrogens is 300 g/mol. The van der Waals surface area contributed by atoms with E-state index >= 15 is 0 Å². The highest BCUT2D eigenvalue weighted by molar-refractivity contribution is 5.85. The van der Waals surface area contributed by atoms with Gasteiger partial charge in [-0.25, -0.2) is 19.9 Å². The molecular formula is C19H22N4O. The van der Waals surface area contributed by atoms with E-state index in [-0.39, 0.29) is 12.1 Å². The highest BCUT2D eigenvalue weighted by atomic mass is 16.2. The summed E-state index contributed by atoms with van der Waals surface area (Å²) < 4.78 is 1.64. The molecule has 5 heteroatoms. The van der Waals surface area contributed by atoms with Crippen LogP contribution in [-0.2, 0) is 0 Å². The minimum atomic E-state index is -0.243. The zero-order valence-corrected chi connectivity index (χ0v) is 13.9. The quantitative estimate of drug-likeness (QED) is 0.743. The number of aromatic nitrogens is 2. The van der Waals surface area contributed by atoms with Gasteiger partial charge in [0.05, 0.1) is 17.1 Å². The Hall–Kier alpha value is -2.82. The number of benzene rings is 2. The number of carbonyl (C=O) groups excluding carboxylic acids is 1. The number of hydrogen-bond donors (Lipinski definition) is 2. The summed E-state index contributed by atoms with van der Waals surface area (Å²) in [6, 6.07) is 17.5. The Kier molecular flexibility index (Phi) is 4.79. The first-order chi connectivity index (χ1) is 11.6. The molecule has 124 valence electrons. The minimum absolute atomic E-state index is 0.0269. The van der Waals surface area contributed by atoms with Gasteiger partial charge in [0, 0.05) is 0 Å². The molecule has 3 rings (SSSR count). The Morgan fingerprint density at radius 3 is 2.54 bits per heavy atom. The van der Waals surface area contributed by atoms with Crippen LogP contribution in [0.5, 0.6) is 0 Å². The maximum Gasteiger partial charge on any atom is 0.334 e. The number of nitrogens with one attached hydrogen (secondary N) is 2. The van der Waals surface area contributed by atoms with Gasteiger partial charge in [0.1, 0.15) is 6.33 Å². The van der Waals surface area contributed by atoms with Crippen LogP contribution in [-0.4, -0.2) is 15.7 Å². The fourth-order valence-corrected chi connectivity index (χ4v) is 2.78. The van der Waals surface area contributed by atoms with Crippen LogP contribution in [0.15, 0.2) is 60.9 Å². The first-order valence-corrected chi connectivity index (χ1v) is 8.18. The number of fused-ring (bicyclic) bond motifs is 1. The Labute approximate surface area is 141 Å². The molecule has 1 atom stereocenters. The summed E-state index contributed by atoms with van der Waals surface area (Å²) >= 11 is 0. The van der Waals surface area contributed by atoms with E-state index in [0.717, 1.165) is 23.0 Å². The molecule has 0 saturated carbocycles. The first-order valence-electron chi connectivity index (χ1n) is 8.18. The van der Waals surface area contributed by atoms with Crippen LogP contribution in [0, 0.1) is 5.92 Å². The molecule has 0 aliphatic heterocycles. The summed E-state index contributed by atoms with van der Waals surface area (Å²) in [5, 5.41) is 3.07. The fraction of sp³-hybridized carbons (Fsp3) is 0.263. The number of para-hydroxylation sites is 2. The third-order valence-electron chi connectivity index (χ3n) is 3.89. The normalized spacial score (nSPS) is 12.3. The number of carbonyl (C=O) groups is 1. The number of imidazole rings is 1. The van der Waals surface area contributed by atoms with E-state index in [9.17, 15) is 4.79 Å². The minimum Gasteiger partial charge on any atom is -0.330 e. The SMILES string of the molecule is CC(C)CC(NC(=O)Nn1cnc2ccccc21)c1ccccc1. The Morgan fingerprint density at radius 2 is 1.79 bits per heavy atom. The summed E-state index contributed by atoms with van der Waals surface area (Å²) in [4.78, 5) is 16.7. The smallest absolute Gasteiger partial charge is 0.330 e. The van der Waals surface area contributed by atoms with Crippen molar-refractivity contribution in [1.82, 2.24) is 15.0 Å². The number of hydrogen-bond acceptors (Lipinski definition) is 2. The van der Waals surface area contributed by atoms with E-state index in [2.05, 4.69) is 29.6 Å². The molecule has 1 unspecified atom stereocenters. The lowest BCUT2D eigenvalue weighted by atomic mass is 9.97. The zero-order valence-electron chi connectivity index (χ0n) is 13.9. The average Bonchev–Trinajstić information content (AvgIpc) is 2.98. The largest absolute Gasteiger partial charge is 0.334 e. The van der Waals surface area contributed by atoms with Crippen LogP contribution in [0.2, 0.25) is 0 Å². The van der Waals surface area contributed by atoms with Crippen LogP contribution in [0.25, 0.3) is 11.0 Å². The number of urea groups is 1. The third kappa shape index (κ3) is 3.74. The van der Waals surface area contributed by atoms with Gasteiger partial charge in [-0.15, -0.1) is 0 Å². The molecule has 0 aliphatic rings. The van der Waals surface area contributed by atoms with Crippen molar-refractivity contribution in [2.24, 2.45) is 5.92 Å². The monoisotopic (exact) mass is 322 g/mol. The Morgan fingerprint density at radius 1 is 1.08 bits per heavy atom. The van der Waals surface area contributed by atoms with Gasteiger partial charge in [-0.05, 0) is 30.0 Å². The molecule has 3 aromatic rings. The molecule has 2 amide bonds. The van der Waals surface area contributed by atoms with Gasteiger partial charge < -0.3 is 5.32 Å². The third-order valence-corrected chi connectivity index (χ3v) is 3.89. The lowest BCUT2D eigenvalue weighted by molar-refractivity contribution is 0.244. The molecule has 1 aromatic heterocycles. The summed E-state index contributed by atoms with van der Waals surface area (Å²) in [5.41, 5.74) is 5.67. The van der Waals surface area contributed by atoms with Crippen molar-refractivity contribution in [3.8, 4) is 0 Å². The first kappa shape index (κ1) is 16.1. The predicted octanol–water partition coefficient (Wildman–Crippen LogP) is 4.08. The van der Waals surface area contributed by atoms with Crippen molar-refractivity contribution in [2.75, 3.05) is 5.43 Å². The summed E-state index contributed by atoms with van der Waals surface area (Å²) in [6.45, 7) is 4.30. The van der Waals surface area contributed by atoms with E-state index in [1.807, 2.05) is 54.6 Å². The van der Waals surface area contributed by atoms with Gasteiger partial charge >= 0.3 is 6.03 Å². The number of rotatable bonds is 5. The van der Waals surface area contributed by atoms with E-state index < -0.39 is 0 Å². The van der Waals surface area contributed by atoms with Crippen molar-refractivity contribution in [1.29, 1.82) is 0 Å². The van der Waals surface area contributed by atoms with E-state index in [0.29, 0.717) is 5.92 Å². The van der Waals surface area contributed by atoms with Gasteiger partial charge in [0.25, 0.3) is 0 Å². The van der Waals surface area contributed by atoms with E-state index in [4.69, 9.17) is 0 Å². The number of nitrogens with zero attached hydrogens (tertiary/aromatic N) is 2. The van der Waals surface area contributed by atoms with Gasteiger partial charge in [-0.2, -0.15) is 0 Å². The second-order valence-electron chi connectivity index (χ2n) is 6.28. The lowest BCUT2D eigenvalue weighted by Gasteiger charge is -2.21. The predicted molar refractivity (Wildman–Crippen MR) is 96.3 cm³/mol. The maximum absolute atomic E-state index is 12.4. The summed E-state index contributed by atoms with van der Waals surface area (Å²) in [5.74, 6) is 0.476. The summed E-state index contributed by atoms with van der Waals surface area (Å²) in [7, 11) is 0. The van der Waals surface area contributed by atoms with Gasteiger partial charge in [0.2, 0.25) is 0 Å². The molecule has 1 heterocycles. The van der Waals surface area contributed by atoms with Crippen molar-refractivity contribution in [2.45, 2.75) is 26.3 Å². The standard InChI is InChI=1S/C19H22N4O/c1-14(2)12-17(15-8-4-3-5-9-15)21-19(24)22-23-13-20-16-10-6-7-11-18(16)23/h3-11,13-14,17H,12H2,1-2H3,(H2,21,22,24). The van der Waals surface area contributed by atoms with E-state index in [1.165, 1.54) is 0 Å². The molecule has 0 fully saturated rings. The van der Waals surface area contributed by atoms with Crippen molar-refractivity contribution < 1.29 is 4.79 Å². The Balaban J connectivity index is 1.73. The average molecular weight is 322 g/mol. The van der Waals surface area contributed by atoms with E-state index in [1.54, 1.807) is 11.0 Å². The Bertz CT molecular complexity index is 810. The molecule has 5 nitrogen and oxygen atoms in total. The van der Waals surface area contributed by atoms with Crippen LogP contribution in [0.3, 0.4) is 0 Å². The molecule has 0 spiro atoms. The fourth-order valence-electron chi connectivity index (χ4n) is 2.78. The van der Waals surface area contributed by atoms with Crippen molar-refractivity contribution in [3.63, 3.8) is 0 Å². The highest BCUT2D eigenvalue weighted by Crippen LogP contribution is 2.21. The van der Waals surface area contributed by atoms with Gasteiger partial charge in [0.15, 0.2) is 0 Å². The molecule has 24 heavy (non-hydrogen) atoms. The molecule has 0 aliphatic carbocycles. The van der Waals surface area contributed by atoms with Crippen LogP contribution >= 0.6 is 0 Å². The van der Waals surface area contributed by atoms with Gasteiger partial charge in [-0.1, -0.05) is 56.3 Å². The molecule has 0 bridgehead atoms. The number of amides is 2. The van der Waals surface area contributed by atoms with Crippen molar-refractivity contribution >= 4 is 17.1 Å². The van der Waals surface area contributed by atoms with Crippen LogP contribution in [0.1, 0.15) is 31.9 Å². The molecule has 2 N–H and O–H groups in total. The maximum atomic E-state index is 12.4. The molecule has 0 saturated heterocycles. The van der Waals surface area contributed by atoms with Crippen LogP contribution < -0.4 is 10.7 Å². The highest BCUT2D eigenvalue weighted by Gasteiger charge is 2.16. The zero-order chi connectivity index (χ0) is 16.9. The van der Waals surface area contributed by atoms with Gasteiger partial charge in [-0.3, -0.25) is 0 Å². The lowest BCUT2D eigenvalue weighted by Crippen LogP contribution is -2.37. The molecule has 2 aromatic carbocycles. The molecule has 0 radical (unpaired) electrons. The second kappa shape index (κ2) is 7.17. The second-order valence-corrected chi connectivity index (χ2v) is 6.28. The summed E-state index contributed by atoms with van der Waals surface area (Å²) in [6.07, 6.45) is 2.49. The topological polar surface area (TPSA) is 59.0 Å². The van der Waals surface area contributed by atoms with Crippen LogP contribution in [0.4, 0.5) is 4.79 Å².